The van der Waals surface area contributed by atoms with Crippen LogP contribution in [-0.2, 0) is 32.3 Å². The minimum atomic E-state index is -4.87. The number of nitrogens with zero attached hydrogens (tertiary/aromatic N) is 2. The molecule has 0 aliphatic heterocycles. The van der Waals surface area contributed by atoms with Crippen LogP contribution in [0.4, 0.5) is 18.9 Å². The summed E-state index contributed by atoms with van der Waals surface area (Å²) < 4.78 is 69.5. The van der Waals surface area contributed by atoms with E-state index in [0.717, 1.165) is 17.7 Å². The maximum absolute atomic E-state index is 14.0. The Balaban J connectivity index is 2.13. The lowest BCUT2D eigenvalue weighted by Crippen LogP contribution is -2.52. The summed E-state index contributed by atoms with van der Waals surface area (Å²) in [6.07, 6.45) is -3.99. The molecule has 2 amide bonds. The Morgan fingerprint density at radius 1 is 0.976 bits per heavy atom. The van der Waals surface area contributed by atoms with Crippen molar-refractivity contribution in [1.82, 2.24) is 10.2 Å². The SMILES string of the molecule is CCCNC(=O)C(CC)N(Cc1cccc(C)c1)C(=O)CN(c1ccc(Cl)c(C(F)(F)F)c1)S(=O)(=O)c1ccccc1. The van der Waals surface area contributed by atoms with Crippen LogP contribution < -0.4 is 9.62 Å². The molecule has 1 unspecified atom stereocenters. The number of carbonyl (C=O) groups is 2. The van der Waals surface area contributed by atoms with Crippen LogP contribution >= 0.6 is 11.6 Å². The molecule has 12 heteroatoms. The van der Waals surface area contributed by atoms with E-state index in [2.05, 4.69) is 5.32 Å². The number of alkyl halides is 3. The second-order valence-electron chi connectivity index (χ2n) is 9.71. The number of nitrogens with one attached hydrogen (secondary N) is 1. The smallest absolute Gasteiger partial charge is 0.354 e. The Morgan fingerprint density at radius 2 is 1.67 bits per heavy atom. The number of halogens is 4. The summed E-state index contributed by atoms with van der Waals surface area (Å²) in [5, 5.41) is 2.17. The molecule has 0 radical (unpaired) electrons. The summed E-state index contributed by atoms with van der Waals surface area (Å²) in [5.41, 5.74) is -0.0294. The van der Waals surface area contributed by atoms with E-state index < -0.39 is 56.9 Å². The van der Waals surface area contributed by atoms with Crippen LogP contribution in [-0.4, -0.2) is 44.3 Å². The standard InChI is InChI=1S/C30H33ClF3N3O4S/c1-4-16-35-29(39)27(5-2)36(19-22-11-9-10-21(3)17-22)28(38)20-37(42(40,41)24-12-7-6-8-13-24)23-14-15-26(31)25(18-23)30(32,33)34/h6-15,17-18,27H,4-5,16,19-20H2,1-3H3,(H,35,39). The van der Waals surface area contributed by atoms with Gasteiger partial charge in [-0.05, 0) is 55.7 Å². The number of carbonyl (C=O) groups excluding carboxylic acids is 2. The predicted octanol–water partition coefficient (Wildman–Crippen LogP) is 6.20. The van der Waals surface area contributed by atoms with Crippen molar-refractivity contribution in [3.63, 3.8) is 0 Å². The Morgan fingerprint density at radius 3 is 2.26 bits per heavy atom. The van der Waals surface area contributed by atoms with Gasteiger partial charge in [-0.1, -0.05) is 73.5 Å². The summed E-state index contributed by atoms with van der Waals surface area (Å²) in [7, 11) is -4.53. The van der Waals surface area contributed by atoms with E-state index in [1.807, 2.05) is 26.0 Å². The summed E-state index contributed by atoms with van der Waals surface area (Å²) in [4.78, 5) is 28.2. The van der Waals surface area contributed by atoms with E-state index in [1.54, 1.807) is 25.1 Å². The Labute approximate surface area is 249 Å². The van der Waals surface area contributed by atoms with Gasteiger partial charge in [-0.25, -0.2) is 8.42 Å². The van der Waals surface area contributed by atoms with Crippen LogP contribution in [0.15, 0.2) is 77.7 Å². The lowest BCUT2D eigenvalue weighted by Gasteiger charge is -2.33. The normalized spacial score (nSPS) is 12.5. The number of hydrogen-bond donors (Lipinski definition) is 1. The lowest BCUT2D eigenvalue weighted by molar-refractivity contribution is -0.140. The summed E-state index contributed by atoms with van der Waals surface area (Å²) in [6, 6.07) is 16.1. The molecule has 3 aromatic rings. The highest BCUT2D eigenvalue weighted by atomic mass is 35.5. The molecule has 3 rings (SSSR count). The van der Waals surface area contributed by atoms with Gasteiger partial charge in [0.2, 0.25) is 11.8 Å². The number of rotatable bonds is 12. The summed E-state index contributed by atoms with van der Waals surface area (Å²) in [5.74, 6) is -1.18. The molecule has 1 atom stereocenters. The highest BCUT2D eigenvalue weighted by Crippen LogP contribution is 2.38. The fraction of sp³-hybridized carbons (Fsp3) is 0.333. The van der Waals surface area contributed by atoms with Crippen molar-refractivity contribution in [3.8, 4) is 0 Å². The Hall–Kier alpha value is -3.57. The van der Waals surface area contributed by atoms with Gasteiger partial charge in [-0.3, -0.25) is 13.9 Å². The van der Waals surface area contributed by atoms with Crippen molar-refractivity contribution in [2.45, 2.75) is 57.3 Å². The first-order valence-corrected chi connectivity index (χ1v) is 15.2. The van der Waals surface area contributed by atoms with Crippen LogP contribution in [0.5, 0.6) is 0 Å². The molecule has 0 saturated carbocycles. The van der Waals surface area contributed by atoms with Gasteiger partial charge >= 0.3 is 6.18 Å². The molecule has 0 aliphatic rings. The van der Waals surface area contributed by atoms with Crippen LogP contribution in [0.3, 0.4) is 0 Å². The maximum atomic E-state index is 14.0. The van der Waals surface area contributed by atoms with E-state index in [9.17, 15) is 31.2 Å². The van der Waals surface area contributed by atoms with E-state index in [0.29, 0.717) is 28.9 Å². The average molecular weight is 624 g/mol. The zero-order chi connectivity index (χ0) is 31.1. The first-order valence-electron chi connectivity index (χ1n) is 13.4. The molecular formula is C30H33ClF3N3O4S. The van der Waals surface area contributed by atoms with Gasteiger partial charge in [0.05, 0.1) is 21.2 Å². The van der Waals surface area contributed by atoms with Gasteiger partial charge in [-0.15, -0.1) is 0 Å². The van der Waals surface area contributed by atoms with Gasteiger partial charge in [0.15, 0.2) is 0 Å². The van der Waals surface area contributed by atoms with Crippen molar-refractivity contribution in [1.29, 1.82) is 0 Å². The number of hydrogen-bond acceptors (Lipinski definition) is 4. The summed E-state index contributed by atoms with van der Waals surface area (Å²) in [6.45, 7) is 4.96. The monoisotopic (exact) mass is 623 g/mol. The first kappa shape index (κ1) is 32.9. The van der Waals surface area contributed by atoms with Crippen LogP contribution in [0.25, 0.3) is 0 Å². The number of amides is 2. The minimum Gasteiger partial charge on any atom is -0.354 e. The quantitative estimate of drug-likeness (QED) is 0.260. The van der Waals surface area contributed by atoms with E-state index >= 15 is 0 Å². The van der Waals surface area contributed by atoms with Crippen LogP contribution in [0.1, 0.15) is 43.4 Å². The molecule has 7 nitrogen and oxygen atoms in total. The molecule has 42 heavy (non-hydrogen) atoms. The van der Waals surface area contributed by atoms with Gasteiger partial charge in [0, 0.05) is 13.1 Å². The lowest BCUT2D eigenvalue weighted by atomic mass is 10.1. The topological polar surface area (TPSA) is 86.8 Å². The highest BCUT2D eigenvalue weighted by molar-refractivity contribution is 7.92. The van der Waals surface area contributed by atoms with Crippen molar-refractivity contribution >= 4 is 39.1 Å². The van der Waals surface area contributed by atoms with Crippen LogP contribution in [0.2, 0.25) is 5.02 Å². The van der Waals surface area contributed by atoms with E-state index in [4.69, 9.17) is 11.6 Å². The molecule has 226 valence electrons. The molecule has 0 aliphatic carbocycles. The third-order valence-electron chi connectivity index (χ3n) is 6.52. The molecule has 3 aromatic carbocycles. The molecule has 0 bridgehead atoms. The molecule has 0 fully saturated rings. The zero-order valence-electron chi connectivity index (χ0n) is 23.5. The van der Waals surface area contributed by atoms with Gasteiger partial charge in [0.1, 0.15) is 12.6 Å². The van der Waals surface area contributed by atoms with E-state index in [-0.39, 0.29) is 17.9 Å². The van der Waals surface area contributed by atoms with Gasteiger partial charge in [-0.2, -0.15) is 13.2 Å². The Bertz CT molecular complexity index is 1500. The average Bonchev–Trinajstić information content (AvgIpc) is 2.94. The molecule has 0 heterocycles. The van der Waals surface area contributed by atoms with Crippen LogP contribution in [0, 0.1) is 6.92 Å². The van der Waals surface area contributed by atoms with Crippen molar-refractivity contribution in [3.05, 3.63) is 94.5 Å². The molecular weight excluding hydrogens is 591 g/mol. The first-order chi connectivity index (χ1) is 19.8. The Kier molecular flexibility index (Phi) is 11.0. The number of benzene rings is 3. The number of anilines is 1. The molecule has 0 spiro atoms. The number of sulfonamides is 1. The highest BCUT2D eigenvalue weighted by Gasteiger charge is 2.37. The van der Waals surface area contributed by atoms with Crippen molar-refractivity contribution < 1.29 is 31.2 Å². The largest absolute Gasteiger partial charge is 0.417 e. The predicted molar refractivity (Wildman–Crippen MR) is 157 cm³/mol. The van der Waals surface area contributed by atoms with E-state index in [1.165, 1.54) is 29.2 Å². The second-order valence-corrected chi connectivity index (χ2v) is 12.0. The van der Waals surface area contributed by atoms with Crippen molar-refractivity contribution in [2.24, 2.45) is 0 Å². The molecule has 0 aromatic heterocycles. The maximum Gasteiger partial charge on any atom is 0.417 e. The molecule has 1 N–H and O–H groups in total. The summed E-state index contributed by atoms with van der Waals surface area (Å²) >= 11 is 5.81. The number of aryl methyl sites for hydroxylation is 1. The third kappa shape index (κ3) is 8.04. The zero-order valence-corrected chi connectivity index (χ0v) is 25.1. The second kappa shape index (κ2) is 14.1. The third-order valence-corrected chi connectivity index (χ3v) is 8.64. The fourth-order valence-electron chi connectivity index (χ4n) is 4.43. The van der Waals surface area contributed by atoms with Crippen molar-refractivity contribution in [2.75, 3.05) is 17.4 Å². The molecule has 0 saturated heterocycles. The fourth-order valence-corrected chi connectivity index (χ4v) is 6.08. The van der Waals surface area contributed by atoms with Gasteiger partial charge < -0.3 is 10.2 Å². The van der Waals surface area contributed by atoms with Gasteiger partial charge in [0.25, 0.3) is 10.0 Å². The minimum absolute atomic E-state index is 0.0216.